The molecule has 0 N–H and O–H groups in total. The van der Waals surface area contributed by atoms with Gasteiger partial charge in [-0.25, -0.2) is 4.79 Å². The van der Waals surface area contributed by atoms with Crippen LogP contribution in [-0.4, -0.2) is 35.8 Å². The lowest BCUT2D eigenvalue weighted by Crippen LogP contribution is -2.33. The molecule has 0 aliphatic rings. The van der Waals surface area contributed by atoms with Gasteiger partial charge in [0.1, 0.15) is 11.5 Å². The number of ether oxygens (including phenoxy) is 2. The Morgan fingerprint density at radius 3 is 2.24 bits per heavy atom. The molecule has 0 radical (unpaired) electrons. The first-order chi connectivity index (χ1) is 16.4. The van der Waals surface area contributed by atoms with Gasteiger partial charge in [-0.2, -0.15) is 0 Å². The molecule has 3 aromatic carbocycles. The van der Waals surface area contributed by atoms with Crippen molar-refractivity contribution >= 4 is 40.2 Å². The molecular formula is C27H26Cl2N2O3. The topological polar surface area (TPSA) is 43.7 Å². The highest BCUT2D eigenvalue weighted by Gasteiger charge is 2.19. The van der Waals surface area contributed by atoms with Crippen LogP contribution in [0.2, 0.25) is 10.0 Å². The number of fused-ring (bicyclic) bond motifs is 1. The highest BCUT2D eigenvalue weighted by atomic mass is 35.5. The lowest BCUT2D eigenvalue weighted by atomic mass is 10.0. The van der Waals surface area contributed by atoms with Crippen molar-refractivity contribution in [2.24, 2.45) is 0 Å². The van der Waals surface area contributed by atoms with E-state index in [0.717, 1.165) is 33.3 Å². The van der Waals surface area contributed by atoms with E-state index in [4.69, 9.17) is 32.7 Å². The molecule has 4 aromatic rings. The summed E-state index contributed by atoms with van der Waals surface area (Å²) >= 11 is 12.7. The summed E-state index contributed by atoms with van der Waals surface area (Å²) in [5, 5.41) is 1.97. The summed E-state index contributed by atoms with van der Waals surface area (Å²) in [6.07, 6.45) is 1.64. The van der Waals surface area contributed by atoms with Gasteiger partial charge in [0.05, 0.1) is 7.11 Å². The van der Waals surface area contributed by atoms with Crippen molar-refractivity contribution in [1.29, 1.82) is 0 Å². The molecule has 0 aliphatic heterocycles. The average molecular weight is 497 g/mol. The standard InChI is InChI=1S/C27H26Cl2N2O3/c1-4-30(5-2)27(32)34-25-11-10-24-23(26(25)19-14-20(28)16-21(29)15-19)12-13-31(24)17-18-6-8-22(33-3)9-7-18/h6-16H,4-5,17H2,1-3H3. The first-order valence-electron chi connectivity index (χ1n) is 11.1. The minimum Gasteiger partial charge on any atom is -0.497 e. The molecule has 0 bridgehead atoms. The number of carbonyl (C=O) groups is 1. The second-order valence-electron chi connectivity index (χ2n) is 7.86. The van der Waals surface area contributed by atoms with E-state index in [1.54, 1.807) is 18.1 Å². The maximum Gasteiger partial charge on any atom is 0.415 e. The van der Waals surface area contributed by atoms with Gasteiger partial charge in [0.15, 0.2) is 0 Å². The molecule has 34 heavy (non-hydrogen) atoms. The molecular weight excluding hydrogens is 471 g/mol. The average Bonchev–Trinajstić information content (AvgIpc) is 3.22. The number of methoxy groups -OCH3 is 1. The van der Waals surface area contributed by atoms with Crippen molar-refractivity contribution in [3.8, 4) is 22.6 Å². The Bertz CT molecular complexity index is 1290. The van der Waals surface area contributed by atoms with Crippen molar-refractivity contribution < 1.29 is 14.3 Å². The third kappa shape index (κ3) is 5.01. The van der Waals surface area contributed by atoms with Gasteiger partial charge in [-0.05, 0) is 73.5 Å². The van der Waals surface area contributed by atoms with Crippen molar-refractivity contribution in [2.45, 2.75) is 20.4 Å². The summed E-state index contributed by atoms with van der Waals surface area (Å²) in [6, 6.07) is 19.2. The Kier molecular flexibility index (Phi) is 7.35. The van der Waals surface area contributed by atoms with E-state index in [0.29, 0.717) is 35.4 Å². The van der Waals surface area contributed by atoms with Crippen LogP contribution in [0.3, 0.4) is 0 Å². The number of rotatable bonds is 7. The van der Waals surface area contributed by atoms with Gasteiger partial charge in [0.25, 0.3) is 0 Å². The van der Waals surface area contributed by atoms with Crippen molar-refractivity contribution in [3.05, 3.63) is 82.5 Å². The third-order valence-corrected chi connectivity index (χ3v) is 6.23. The maximum atomic E-state index is 12.8. The molecule has 0 unspecified atom stereocenters. The van der Waals surface area contributed by atoms with E-state index in [9.17, 15) is 4.79 Å². The molecule has 5 nitrogen and oxygen atoms in total. The minimum atomic E-state index is -0.392. The first-order valence-corrected chi connectivity index (χ1v) is 11.9. The molecule has 4 rings (SSSR count). The number of halogens is 2. The number of nitrogens with zero attached hydrogens (tertiary/aromatic N) is 2. The quantitative estimate of drug-likeness (QED) is 0.265. The van der Waals surface area contributed by atoms with Crippen LogP contribution in [0.15, 0.2) is 66.9 Å². The Labute approximate surface area is 209 Å². The number of aromatic nitrogens is 1. The Morgan fingerprint density at radius 1 is 0.941 bits per heavy atom. The molecule has 0 fully saturated rings. The number of hydrogen-bond acceptors (Lipinski definition) is 3. The van der Waals surface area contributed by atoms with Crippen molar-refractivity contribution in [3.63, 3.8) is 0 Å². The van der Waals surface area contributed by atoms with E-state index in [-0.39, 0.29) is 0 Å². The molecule has 1 heterocycles. The van der Waals surface area contributed by atoms with E-state index in [2.05, 4.69) is 4.57 Å². The minimum absolute atomic E-state index is 0.392. The summed E-state index contributed by atoms with van der Waals surface area (Å²) in [6.45, 7) is 5.65. The highest BCUT2D eigenvalue weighted by molar-refractivity contribution is 6.35. The lowest BCUT2D eigenvalue weighted by molar-refractivity contribution is 0.157. The number of carbonyl (C=O) groups excluding carboxylic acids is 1. The SMILES string of the molecule is CCN(CC)C(=O)Oc1ccc2c(ccn2Cc2ccc(OC)cc2)c1-c1cc(Cl)cc(Cl)c1. The predicted octanol–water partition coefficient (Wildman–Crippen LogP) is 7.51. The van der Waals surface area contributed by atoms with Crippen LogP contribution in [0.4, 0.5) is 4.79 Å². The largest absolute Gasteiger partial charge is 0.497 e. The van der Waals surface area contributed by atoms with Crippen molar-refractivity contribution in [1.82, 2.24) is 9.47 Å². The Morgan fingerprint density at radius 2 is 1.62 bits per heavy atom. The molecule has 0 spiro atoms. The summed E-state index contributed by atoms with van der Waals surface area (Å²) in [5.74, 6) is 1.28. The van der Waals surface area contributed by atoms with E-state index in [1.807, 2.05) is 74.6 Å². The van der Waals surface area contributed by atoms with Gasteiger partial charge >= 0.3 is 6.09 Å². The summed E-state index contributed by atoms with van der Waals surface area (Å²) in [5.41, 5.74) is 3.70. The number of hydrogen-bond donors (Lipinski definition) is 0. The maximum absolute atomic E-state index is 12.8. The van der Waals surface area contributed by atoms with Gasteiger partial charge in [0.2, 0.25) is 0 Å². The van der Waals surface area contributed by atoms with Gasteiger partial charge in [-0.1, -0.05) is 35.3 Å². The molecule has 0 atom stereocenters. The summed E-state index contributed by atoms with van der Waals surface area (Å²) < 4.78 is 13.3. The second-order valence-corrected chi connectivity index (χ2v) is 8.73. The van der Waals surface area contributed by atoms with Gasteiger partial charge in [-0.15, -0.1) is 0 Å². The smallest absolute Gasteiger partial charge is 0.415 e. The van der Waals surface area contributed by atoms with E-state index >= 15 is 0 Å². The van der Waals surface area contributed by atoms with Crippen LogP contribution in [0.5, 0.6) is 11.5 Å². The third-order valence-electron chi connectivity index (χ3n) is 5.80. The monoisotopic (exact) mass is 496 g/mol. The number of benzene rings is 3. The van der Waals surface area contributed by atoms with Gasteiger partial charge in [-0.3, -0.25) is 0 Å². The van der Waals surface area contributed by atoms with E-state index < -0.39 is 6.09 Å². The Hall–Kier alpha value is -3.15. The molecule has 0 aliphatic carbocycles. The molecule has 1 amide bonds. The van der Waals surface area contributed by atoms with Gasteiger partial charge in [0, 0.05) is 52.3 Å². The van der Waals surface area contributed by atoms with Crippen molar-refractivity contribution in [2.75, 3.05) is 20.2 Å². The van der Waals surface area contributed by atoms with Crippen LogP contribution in [0, 0.1) is 0 Å². The molecule has 1 aromatic heterocycles. The van der Waals surface area contributed by atoms with E-state index in [1.165, 1.54) is 0 Å². The zero-order valence-electron chi connectivity index (χ0n) is 19.3. The van der Waals surface area contributed by atoms with Gasteiger partial charge < -0.3 is 18.9 Å². The fourth-order valence-corrected chi connectivity index (χ4v) is 4.57. The van der Waals surface area contributed by atoms with Crippen LogP contribution in [0.25, 0.3) is 22.0 Å². The van der Waals surface area contributed by atoms with Crippen LogP contribution >= 0.6 is 23.2 Å². The highest BCUT2D eigenvalue weighted by Crippen LogP contribution is 2.40. The zero-order valence-corrected chi connectivity index (χ0v) is 20.9. The lowest BCUT2D eigenvalue weighted by Gasteiger charge is -2.20. The molecule has 176 valence electrons. The fraction of sp³-hybridized carbons (Fsp3) is 0.222. The number of amides is 1. The first kappa shape index (κ1) is 24.0. The zero-order chi connectivity index (χ0) is 24.2. The predicted molar refractivity (Wildman–Crippen MR) is 138 cm³/mol. The van der Waals surface area contributed by atoms with Crippen LogP contribution in [0.1, 0.15) is 19.4 Å². The Balaban J connectivity index is 1.81. The van der Waals surface area contributed by atoms with Crippen LogP contribution < -0.4 is 9.47 Å². The molecule has 0 saturated carbocycles. The second kappa shape index (κ2) is 10.4. The fourth-order valence-electron chi connectivity index (χ4n) is 4.04. The normalized spacial score (nSPS) is 11.0. The molecule has 7 heteroatoms. The summed E-state index contributed by atoms with van der Waals surface area (Å²) in [4.78, 5) is 14.4. The molecule has 0 saturated heterocycles. The summed E-state index contributed by atoms with van der Waals surface area (Å²) in [7, 11) is 1.66. The van der Waals surface area contributed by atoms with Crippen LogP contribution in [-0.2, 0) is 6.54 Å².